The van der Waals surface area contributed by atoms with Gasteiger partial charge >= 0.3 is 5.97 Å². The largest absolute Gasteiger partial charge is 0.478 e. The quantitative estimate of drug-likeness (QED) is 0.347. The van der Waals surface area contributed by atoms with Crippen molar-refractivity contribution < 1.29 is 19.4 Å². The Hall–Kier alpha value is -2.36. The van der Waals surface area contributed by atoms with Gasteiger partial charge in [0.15, 0.2) is 11.9 Å². The van der Waals surface area contributed by atoms with Crippen LogP contribution in [0.3, 0.4) is 0 Å². The second-order valence-electron chi connectivity index (χ2n) is 7.41. The van der Waals surface area contributed by atoms with Gasteiger partial charge in [0.05, 0.1) is 21.6 Å². The fourth-order valence-electron chi connectivity index (χ4n) is 2.52. The number of fused-ring (bicyclic) bond motifs is 1. The smallest absolute Gasteiger partial charge is 0.339 e. The standard InChI is InChI=1S/C18H21N3O4SSi/c1-27(2,3)7-6-25-11-21-9-13(18(23)24)16-17(21)19-8-14(20-16)15-5-4-12(10-22)26-15/h4-5,8-10H,6-7,11H2,1-3H3,(H,23,24). The number of ether oxygens (including phenoxy) is 1. The Labute approximate surface area is 161 Å². The second-order valence-corrected chi connectivity index (χ2v) is 14.1. The molecule has 0 aliphatic rings. The van der Waals surface area contributed by atoms with Crippen molar-refractivity contribution in [3.8, 4) is 10.6 Å². The number of carboxylic acid groups (broad SMARTS) is 1. The predicted octanol–water partition coefficient (Wildman–Crippen LogP) is 3.98. The number of hydrogen-bond donors (Lipinski definition) is 1. The van der Waals surface area contributed by atoms with Crippen molar-refractivity contribution in [3.63, 3.8) is 0 Å². The summed E-state index contributed by atoms with van der Waals surface area (Å²) in [5.41, 5.74) is 1.41. The predicted molar refractivity (Wildman–Crippen MR) is 107 cm³/mol. The van der Waals surface area contributed by atoms with Crippen molar-refractivity contribution in [1.82, 2.24) is 14.5 Å². The van der Waals surface area contributed by atoms with Crippen LogP contribution < -0.4 is 0 Å². The van der Waals surface area contributed by atoms with Crippen LogP contribution in [0, 0.1) is 0 Å². The van der Waals surface area contributed by atoms with Gasteiger partial charge in [-0.15, -0.1) is 11.3 Å². The number of carbonyl (C=O) groups excluding carboxylic acids is 1. The molecule has 0 spiro atoms. The van der Waals surface area contributed by atoms with E-state index in [9.17, 15) is 14.7 Å². The zero-order chi connectivity index (χ0) is 19.6. The average molecular weight is 404 g/mol. The molecule has 0 bridgehead atoms. The van der Waals surface area contributed by atoms with E-state index in [4.69, 9.17) is 4.74 Å². The lowest BCUT2D eigenvalue weighted by molar-refractivity contribution is 0.0696. The van der Waals surface area contributed by atoms with Crippen LogP contribution >= 0.6 is 11.3 Å². The molecule has 0 atom stereocenters. The van der Waals surface area contributed by atoms with Crippen molar-refractivity contribution in [2.45, 2.75) is 32.4 Å². The monoisotopic (exact) mass is 403 g/mol. The maximum absolute atomic E-state index is 11.6. The summed E-state index contributed by atoms with van der Waals surface area (Å²) in [7, 11) is -1.19. The van der Waals surface area contributed by atoms with Gasteiger partial charge in [0, 0.05) is 20.9 Å². The molecule has 0 aliphatic carbocycles. The van der Waals surface area contributed by atoms with Gasteiger partial charge in [-0.3, -0.25) is 4.79 Å². The third-order valence-corrected chi connectivity index (χ3v) is 6.76. The van der Waals surface area contributed by atoms with Crippen LogP contribution in [-0.4, -0.2) is 46.6 Å². The minimum atomic E-state index is -1.19. The molecule has 0 unspecified atom stereocenters. The fraction of sp³-hybridized carbons (Fsp3) is 0.333. The molecule has 3 heterocycles. The molecule has 0 radical (unpaired) electrons. The molecule has 0 saturated carbocycles. The van der Waals surface area contributed by atoms with Crippen LogP contribution in [0.4, 0.5) is 0 Å². The minimum absolute atomic E-state index is 0.0836. The molecule has 0 fully saturated rings. The summed E-state index contributed by atoms with van der Waals surface area (Å²) in [5.74, 6) is -1.06. The van der Waals surface area contributed by atoms with Crippen molar-refractivity contribution in [2.75, 3.05) is 6.61 Å². The van der Waals surface area contributed by atoms with Crippen LogP contribution in [-0.2, 0) is 11.5 Å². The summed E-state index contributed by atoms with van der Waals surface area (Å²) in [6.45, 7) is 7.69. The molecule has 9 heteroatoms. The Morgan fingerprint density at radius 1 is 1.37 bits per heavy atom. The third kappa shape index (κ3) is 4.49. The maximum atomic E-state index is 11.6. The summed E-state index contributed by atoms with van der Waals surface area (Å²) in [6, 6.07) is 4.51. The minimum Gasteiger partial charge on any atom is -0.478 e. The van der Waals surface area contributed by atoms with E-state index < -0.39 is 14.0 Å². The molecule has 7 nitrogen and oxygen atoms in total. The number of aromatic carboxylic acids is 1. The summed E-state index contributed by atoms with van der Waals surface area (Å²) >= 11 is 1.29. The van der Waals surface area contributed by atoms with E-state index in [0.717, 1.165) is 17.2 Å². The van der Waals surface area contributed by atoms with Gasteiger partial charge < -0.3 is 14.4 Å². The van der Waals surface area contributed by atoms with Gasteiger partial charge in [-0.25, -0.2) is 14.8 Å². The SMILES string of the molecule is C[Si](C)(C)CCOCn1cc(C(=O)O)c2nc(-c3ccc(C=O)s3)cnc21. The van der Waals surface area contributed by atoms with Crippen molar-refractivity contribution >= 4 is 42.8 Å². The summed E-state index contributed by atoms with van der Waals surface area (Å²) in [4.78, 5) is 32.7. The Bertz CT molecular complexity index is 990. The zero-order valence-corrected chi connectivity index (χ0v) is 17.2. The summed E-state index contributed by atoms with van der Waals surface area (Å²) in [5, 5.41) is 9.52. The first-order chi connectivity index (χ1) is 12.8. The number of rotatable bonds is 8. The first-order valence-corrected chi connectivity index (χ1v) is 13.0. The molecular formula is C18H21N3O4SSi. The molecule has 142 valence electrons. The van der Waals surface area contributed by atoms with Gasteiger partial charge in [-0.2, -0.15) is 0 Å². The van der Waals surface area contributed by atoms with Crippen LogP contribution in [0.15, 0.2) is 24.5 Å². The first kappa shape index (κ1) is 19.4. The third-order valence-electron chi connectivity index (χ3n) is 4.02. The van der Waals surface area contributed by atoms with Gasteiger partial charge in [-0.05, 0) is 18.2 Å². The van der Waals surface area contributed by atoms with E-state index in [2.05, 4.69) is 29.6 Å². The topological polar surface area (TPSA) is 94.3 Å². The van der Waals surface area contributed by atoms with Crippen molar-refractivity contribution in [1.29, 1.82) is 0 Å². The number of carboxylic acids is 1. The molecule has 0 aromatic carbocycles. The lowest BCUT2D eigenvalue weighted by atomic mass is 10.3. The van der Waals surface area contributed by atoms with E-state index in [1.54, 1.807) is 22.9 Å². The Kier molecular flexibility index (Phi) is 5.54. The molecule has 27 heavy (non-hydrogen) atoms. The van der Waals surface area contributed by atoms with Crippen molar-refractivity contribution in [2.24, 2.45) is 0 Å². The van der Waals surface area contributed by atoms with Gasteiger partial charge in [0.25, 0.3) is 0 Å². The molecule has 0 amide bonds. The average Bonchev–Trinajstić information content (AvgIpc) is 3.22. The molecule has 3 aromatic heterocycles. The normalized spacial score (nSPS) is 11.8. The highest BCUT2D eigenvalue weighted by Gasteiger charge is 2.19. The van der Waals surface area contributed by atoms with Crippen LogP contribution in [0.25, 0.3) is 21.7 Å². The molecular weight excluding hydrogens is 382 g/mol. The molecule has 0 saturated heterocycles. The first-order valence-electron chi connectivity index (χ1n) is 8.51. The number of nitrogens with zero attached hydrogens (tertiary/aromatic N) is 3. The molecule has 1 N–H and O–H groups in total. The van der Waals surface area contributed by atoms with Gasteiger partial charge in [0.2, 0.25) is 0 Å². The maximum Gasteiger partial charge on any atom is 0.339 e. The molecule has 3 aromatic rings. The van der Waals surface area contributed by atoms with Crippen LogP contribution in [0.1, 0.15) is 20.0 Å². The summed E-state index contributed by atoms with van der Waals surface area (Å²) in [6.07, 6.45) is 3.88. The Morgan fingerprint density at radius 2 is 2.15 bits per heavy atom. The number of carbonyl (C=O) groups is 2. The number of aldehydes is 1. The zero-order valence-electron chi connectivity index (χ0n) is 15.4. The van der Waals surface area contributed by atoms with Gasteiger partial charge in [0.1, 0.15) is 17.8 Å². The molecule has 3 rings (SSSR count). The van der Waals surface area contributed by atoms with E-state index in [-0.39, 0.29) is 12.3 Å². The lowest BCUT2D eigenvalue weighted by Gasteiger charge is -2.15. The van der Waals surface area contributed by atoms with Gasteiger partial charge in [-0.1, -0.05) is 19.6 Å². The highest BCUT2D eigenvalue weighted by atomic mass is 32.1. The van der Waals surface area contributed by atoms with Crippen molar-refractivity contribution in [3.05, 3.63) is 35.0 Å². The Balaban J connectivity index is 1.90. The second kappa shape index (κ2) is 7.71. The number of thiophene rings is 1. The Morgan fingerprint density at radius 3 is 2.78 bits per heavy atom. The fourth-order valence-corrected chi connectivity index (χ4v) is 4.05. The highest BCUT2D eigenvalue weighted by molar-refractivity contribution is 7.17. The van der Waals surface area contributed by atoms with E-state index in [1.165, 1.54) is 17.5 Å². The van der Waals surface area contributed by atoms with E-state index >= 15 is 0 Å². The number of aromatic nitrogens is 3. The van der Waals surface area contributed by atoms with Crippen LogP contribution in [0.5, 0.6) is 0 Å². The van der Waals surface area contributed by atoms with Crippen LogP contribution in [0.2, 0.25) is 25.7 Å². The van der Waals surface area contributed by atoms with E-state index in [1.807, 2.05) is 0 Å². The highest BCUT2D eigenvalue weighted by Crippen LogP contribution is 2.28. The molecule has 0 aliphatic heterocycles. The lowest BCUT2D eigenvalue weighted by Crippen LogP contribution is -2.22. The summed E-state index contributed by atoms with van der Waals surface area (Å²) < 4.78 is 7.40. The number of hydrogen-bond acceptors (Lipinski definition) is 6. The van der Waals surface area contributed by atoms with E-state index in [0.29, 0.717) is 28.3 Å².